The van der Waals surface area contributed by atoms with Crippen molar-refractivity contribution in [1.29, 1.82) is 0 Å². The lowest BCUT2D eigenvalue weighted by Gasteiger charge is -2.08. The molecule has 2 aromatic carbocycles. The summed E-state index contributed by atoms with van der Waals surface area (Å²) in [6, 6.07) is 15.6. The molecule has 1 heterocycles. The highest BCUT2D eigenvalue weighted by molar-refractivity contribution is 14.1. The van der Waals surface area contributed by atoms with E-state index in [0.717, 1.165) is 22.5 Å². The molecule has 1 aromatic heterocycles. The van der Waals surface area contributed by atoms with Gasteiger partial charge < -0.3 is 4.74 Å². The second-order valence-electron chi connectivity index (χ2n) is 4.16. The van der Waals surface area contributed by atoms with Gasteiger partial charge >= 0.3 is 0 Å². The lowest BCUT2D eigenvalue weighted by Crippen LogP contribution is -1.95. The van der Waals surface area contributed by atoms with Crippen molar-refractivity contribution < 1.29 is 4.74 Å². The monoisotopic (exact) mass is 362 g/mol. The summed E-state index contributed by atoms with van der Waals surface area (Å²) in [5, 5.41) is 0. The van der Waals surface area contributed by atoms with E-state index < -0.39 is 0 Å². The van der Waals surface area contributed by atoms with Crippen LogP contribution in [-0.4, -0.2) is 9.97 Å². The zero-order valence-electron chi connectivity index (χ0n) is 10.3. The van der Waals surface area contributed by atoms with E-state index in [-0.39, 0.29) is 0 Å². The van der Waals surface area contributed by atoms with E-state index in [9.17, 15) is 0 Å². The molecule has 0 fully saturated rings. The molecule has 0 unspecified atom stereocenters. The molecule has 0 aliphatic carbocycles. The maximum absolute atomic E-state index is 5.80. The Morgan fingerprint density at radius 3 is 2.21 bits per heavy atom. The topological polar surface area (TPSA) is 35.0 Å². The molecule has 4 heteroatoms. The van der Waals surface area contributed by atoms with Crippen molar-refractivity contribution in [2.75, 3.05) is 0 Å². The predicted octanol–water partition coefficient (Wildman–Crippen LogP) is 4.34. The number of aryl methyl sites for hydroxylation is 1. The zero-order valence-corrected chi connectivity index (χ0v) is 12.5. The first-order chi connectivity index (χ1) is 9.22. The van der Waals surface area contributed by atoms with Crippen LogP contribution in [0.4, 0.5) is 0 Å². The number of rotatable bonds is 2. The summed E-state index contributed by atoms with van der Waals surface area (Å²) in [5.74, 6) is 1.33. The summed E-state index contributed by atoms with van der Waals surface area (Å²) >= 11 is 2.26. The van der Waals surface area contributed by atoms with Gasteiger partial charge in [0.2, 0.25) is 5.88 Å². The number of benzene rings is 2. The number of para-hydroxylation sites is 2. The fraction of sp³-hybridized carbons (Fsp3) is 0.0667. The Kier molecular flexibility index (Phi) is 3.33. The Balaban J connectivity index is 2.00. The SMILES string of the molecule is Cc1nc2ccccc2nc1Oc1ccc(I)cc1. The molecule has 0 saturated heterocycles. The van der Waals surface area contributed by atoms with Gasteiger partial charge in [0.1, 0.15) is 11.4 Å². The molecule has 3 aromatic rings. The van der Waals surface area contributed by atoms with Gasteiger partial charge in [0.05, 0.1) is 11.0 Å². The van der Waals surface area contributed by atoms with Crippen LogP contribution >= 0.6 is 22.6 Å². The molecule has 0 aliphatic heterocycles. The van der Waals surface area contributed by atoms with Gasteiger partial charge in [0.25, 0.3) is 0 Å². The highest BCUT2D eigenvalue weighted by Crippen LogP contribution is 2.24. The van der Waals surface area contributed by atoms with E-state index in [1.165, 1.54) is 3.57 Å². The van der Waals surface area contributed by atoms with E-state index in [2.05, 4.69) is 32.6 Å². The van der Waals surface area contributed by atoms with Crippen molar-refractivity contribution in [3.8, 4) is 11.6 Å². The number of hydrogen-bond acceptors (Lipinski definition) is 3. The molecule has 0 N–H and O–H groups in total. The normalized spacial score (nSPS) is 10.6. The third kappa shape index (κ3) is 2.68. The average molecular weight is 362 g/mol. The molecular weight excluding hydrogens is 351 g/mol. The highest BCUT2D eigenvalue weighted by atomic mass is 127. The third-order valence-electron chi connectivity index (χ3n) is 2.73. The molecule has 0 amide bonds. The van der Waals surface area contributed by atoms with Crippen LogP contribution in [0.15, 0.2) is 48.5 Å². The number of aromatic nitrogens is 2. The quantitative estimate of drug-likeness (QED) is 0.637. The minimum atomic E-state index is 0.555. The number of nitrogens with zero attached hydrogens (tertiary/aromatic N) is 2. The molecule has 0 spiro atoms. The summed E-state index contributed by atoms with van der Waals surface area (Å²) in [7, 11) is 0. The van der Waals surface area contributed by atoms with Crippen LogP contribution in [0.2, 0.25) is 0 Å². The first kappa shape index (κ1) is 12.3. The van der Waals surface area contributed by atoms with Crippen molar-refractivity contribution in [3.63, 3.8) is 0 Å². The van der Waals surface area contributed by atoms with Crippen LogP contribution in [-0.2, 0) is 0 Å². The van der Waals surface area contributed by atoms with Crippen LogP contribution in [0.5, 0.6) is 11.6 Å². The molecule has 3 nitrogen and oxygen atoms in total. The first-order valence-corrected chi connectivity index (χ1v) is 6.97. The second-order valence-corrected chi connectivity index (χ2v) is 5.40. The van der Waals surface area contributed by atoms with Gasteiger partial charge in [0.15, 0.2) is 0 Å². The van der Waals surface area contributed by atoms with E-state index in [1.807, 2.05) is 55.5 Å². The number of fused-ring (bicyclic) bond motifs is 1. The van der Waals surface area contributed by atoms with Crippen molar-refractivity contribution in [2.45, 2.75) is 6.92 Å². The summed E-state index contributed by atoms with van der Waals surface area (Å²) in [4.78, 5) is 9.01. The van der Waals surface area contributed by atoms with E-state index in [1.54, 1.807) is 0 Å². The molecule has 0 radical (unpaired) electrons. The summed E-state index contributed by atoms with van der Waals surface area (Å²) in [6.45, 7) is 1.90. The van der Waals surface area contributed by atoms with Crippen molar-refractivity contribution >= 4 is 33.6 Å². The molecule has 0 aliphatic rings. The average Bonchev–Trinajstić information content (AvgIpc) is 2.42. The third-order valence-corrected chi connectivity index (χ3v) is 3.45. The molecule has 0 bridgehead atoms. The summed E-state index contributed by atoms with van der Waals surface area (Å²) < 4.78 is 6.97. The van der Waals surface area contributed by atoms with Crippen molar-refractivity contribution in [2.24, 2.45) is 0 Å². The predicted molar refractivity (Wildman–Crippen MR) is 83.5 cm³/mol. The molecular formula is C15H11IN2O. The summed E-state index contributed by atoms with van der Waals surface area (Å²) in [5.41, 5.74) is 2.51. The number of halogens is 1. The fourth-order valence-corrected chi connectivity index (χ4v) is 2.14. The van der Waals surface area contributed by atoms with Crippen LogP contribution in [0, 0.1) is 10.5 Å². The summed E-state index contributed by atoms with van der Waals surface area (Å²) in [6.07, 6.45) is 0. The van der Waals surface area contributed by atoms with Gasteiger partial charge in [-0.3, -0.25) is 0 Å². The first-order valence-electron chi connectivity index (χ1n) is 5.89. The van der Waals surface area contributed by atoms with Gasteiger partial charge in [-0.05, 0) is 65.9 Å². The Morgan fingerprint density at radius 2 is 1.53 bits per heavy atom. The van der Waals surface area contributed by atoms with Crippen LogP contribution in [0.25, 0.3) is 11.0 Å². The van der Waals surface area contributed by atoms with E-state index >= 15 is 0 Å². The highest BCUT2D eigenvalue weighted by Gasteiger charge is 2.07. The van der Waals surface area contributed by atoms with Gasteiger partial charge in [-0.1, -0.05) is 12.1 Å². The van der Waals surface area contributed by atoms with Gasteiger partial charge in [-0.25, -0.2) is 9.97 Å². The zero-order chi connectivity index (χ0) is 13.2. The largest absolute Gasteiger partial charge is 0.437 e. The van der Waals surface area contributed by atoms with Gasteiger partial charge in [-0.15, -0.1) is 0 Å². The fourth-order valence-electron chi connectivity index (χ4n) is 1.78. The smallest absolute Gasteiger partial charge is 0.241 e. The lowest BCUT2D eigenvalue weighted by molar-refractivity contribution is 0.458. The lowest BCUT2D eigenvalue weighted by atomic mass is 10.3. The van der Waals surface area contributed by atoms with Crippen molar-refractivity contribution in [3.05, 3.63) is 57.8 Å². The Hall–Kier alpha value is -1.69. The Morgan fingerprint density at radius 1 is 0.895 bits per heavy atom. The van der Waals surface area contributed by atoms with Crippen molar-refractivity contribution in [1.82, 2.24) is 9.97 Å². The number of ether oxygens (including phenoxy) is 1. The molecule has 94 valence electrons. The minimum absolute atomic E-state index is 0.555. The van der Waals surface area contributed by atoms with Crippen LogP contribution in [0.3, 0.4) is 0 Å². The van der Waals surface area contributed by atoms with Crippen LogP contribution in [0.1, 0.15) is 5.69 Å². The molecule has 19 heavy (non-hydrogen) atoms. The van der Waals surface area contributed by atoms with Gasteiger partial charge in [-0.2, -0.15) is 0 Å². The maximum Gasteiger partial charge on any atom is 0.241 e. The Labute approximate surface area is 124 Å². The Bertz CT molecular complexity index is 726. The minimum Gasteiger partial charge on any atom is -0.437 e. The van der Waals surface area contributed by atoms with Crippen LogP contribution < -0.4 is 4.74 Å². The van der Waals surface area contributed by atoms with E-state index in [0.29, 0.717) is 5.88 Å². The maximum atomic E-state index is 5.80. The van der Waals surface area contributed by atoms with E-state index in [4.69, 9.17) is 4.74 Å². The molecule has 0 saturated carbocycles. The number of hydrogen-bond donors (Lipinski definition) is 0. The molecule has 0 atom stereocenters. The standard InChI is InChI=1S/C15H11IN2O/c1-10-15(19-12-8-6-11(16)7-9-12)18-14-5-3-2-4-13(14)17-10/h2-9H,1H3. The molecule has 3 rings (SSSR count). The van der Waals surface area contributed by atoms with Gasteiger partial charge in [0, 0.05) is 3.57 Å². The second kappa shape index (κ2) is 5.13.